The van der Waals surface area contributed by atoms with Crippen LogP contribution in [0.25, 0.3) is 10.9 Å². The molecule has 7 heteroatoms. The first-order valence-corrected chi connectivity index (χ1v) is 10.7. The number of fused-ring (bicyclic) bond motifs is 2. The molecule has 0 unspecified atom stereocenters. The van der Waals surface area contributed by atoms with Gasteiger partial charge < -0.3 is 14.8 Å². The van der Waals surface area contributed by atoms with E-state index in [1.165, 1.54) is 31.0 Å². The zero-order valence-corrected chi connectivity index (χ0v) is 16.7. The zero-order chi connectivity index (χ0) is 19.5. The number of carbonyl (C=O) groups is 1. The van der Waals surface area contributed by atoms with Crippen LogP contribution >= 0.6 is 11.8 Å². The van der Waals surface area contributed by atoms with Gasteiger partial charge in [0, 0.05) is 17.5 Å². The van der Waals surface area contributed by atoms with Crippen LogP contribution in [0.5, 0.6) is 11.5 Å². The number of nitrogens with zero attached hydrogens (tertiary/aromatic N) is 2. The number of nitrogens with one attached hydrogen (secondary N) is 1. The Morgan fingerprint density at radius 1 is 1.25 bits per heavy atom. The van der Waals surface area contributed by atoms with Gasteiger partial charge >= 0.3 is 0 Å². The maximum atomic E-state index is 12.4. The Labute approximate surface area is 168 Å². The summed E-state index contributed by atoms with van der Waals surface area (Å²) in [5.74, 6) is 2.10. The molecular weight excluding hydrogens is 374 g/mol. The van der Waals surface area contributed by atoms with E-state index in [1.807, 2.05) is 12.1 Å². The molecule has 146 valence electrons. The van der Waals surface area contributed by atoms with Crippen LogP contribution in [0.15, 0.2) is 23.2 Å². The van der Waals surface area contributed by atoms with Crippen molar-refractivity contribution in [1.29, 1.82) is 5.26 Å². The van der Waals surface area contributed by atoms with E-state index in [0.717, 1.165) is 17.3 Å². The van der Waals surface area contributed by atoms with E-state index in [4.69, 9.17) is 9.47 Å². The minimum absolute atomic E-state index is 0.00305. The lowest BCUT2D eigenvalue weighted by molar-refractivity contribution is -0.119. The molecule has 1 N–H and O–H groups in total. The van der Waals surface area contributed by atoms with Crippen molar-refractivity contribution >= 4 is 28.6 Å². The van der Waals surface area contributed by atoms with Crippen LogP contribution in [0.3, 0.4) is 0 Å². The zero-order valence-electron chi connectivity index (χ0n) is 15.9. The molecule has 1 aromatic carbocycles. The molecule has 0 radical (unpaired) electrons. The van der Waals surface area contributed by atoms with Crippen molar-refractivity contribution in [3.05, 3.63) is 23.8 Å². The molecule has 2 heterocycles. The van der Waals surface area contributed by atoms with Gasteiger partial charge in [-0.1, -0.05) is 31.5 Å². The molecule has 0 saturated heterocycles. The fraction of sp³-hybridized carbons (Fsp3) is 0.476. The van der Waals surface area contributed by atoms with Gasteiger partial charge in [-0.05, 0) is 30.9 Å². The van der Waals surface area contributed by atoms with Gasteiger partial charge in [0.1, 0.15) is 24.3 Å². The smallest absolute Gasteiger partial charge is 0.230 e. The minimum Gasteiger partial charge on any atom is -0.486 e. The highest BCUT2D eigenvalue weighted by Crippen LogP contribution is 2.35. The molecule has 2 aliphatic rings. The van der Waals surface area contributed by atoms with E-state index in [2.05, 4.69) is 23.3 Å². The number of nitriles is 1. The first-order valence-electron chi connectivity index (χ1n) is 9.70. The molecule has 1 fully saturated rings. The van der Waals surface area contributed by atoms with Crippen LogP contribution in [0.2, 0.25) is 0 Å². The molecule has 6 nitrogen and oxygen atoms in total. The molecule has 0 spiro atoms. The van der Waals surface area contributed by atoms with E-state index < -0.39 is 0 Å². The summed E-state index contributed by atoms with van der Waals surface area (Å²) in [5, 5.41) is 14.1. The highest BCUT2D eigenvalue weighted by Gasteiger charge is 2.23. The summed E-state index contributed by atoms with van der Waals surface area (Å²) in [7, 11) is 0. The van der Waals surface area contributed by atoms with E-state index >= 15 is 0 Å². The largest absolute Gasteiger partial charge is 0.486 e. The van der Waals surface area contributed by atoms with Gasteiger partial charge in [0.2, 0.25) is 5.91 Å². The van der Waals surface area contributed by atoms with Gasteiger partial charge in [-0.3, -0.25) is 4.79 Å². The van der Waals surface area contributed by atoms with Crippen LogP contribution in [-0.2, 0) is 4.79 Å². The summed E-state index contributed by atoms with van der Waals surface area (Å²) >= 11 is 1.30. The predicted octanol–water partition coefficient (Wildman–Crippen LogP) is 3.66. The van der Waals surface area contributed by atoms with E-state index in [1.54, 1.807) is 6.07 Å². The number of thioether (sulfide) groups is 1. The summed E-state index contributed by atoms with van der Waals surface area (Å²) in [6.07, 6.45) is 4.62. The minimum atomic E-state index is -0.00305. The number of hydrogen-bond donors (Lipinski definition) is 1. The molecule has 1 aliphatic carbocycles. The average molecular weight is 398 g/mol. The molecule has 0 bridgehead atoms. The Hall–Kier alpha value is -2.46. The third-order valence-corrected chi connectivity index (χ3v) is 6.35. The molecule has 1 saturated carbocycles. The Morgan fingerprint density at radius 3 is 2.75 bits per heavy atom. The second-order valence-electron chi connectivity index (χ2n) is 7.37. The second kappa shape index (κ2) is 8.27. The summed E-state index contributed by atoms with van der Waals surface area (Å²) in [5.41, 5.74) is 1.19. The van der Waals surface area contributed by atoms with Crippen LogP contribution in [0.4, 0.5) is 0 Å². The van der Waals surface area contributed by atoms with Crippen LogP contribution < -0.4 is 14.8 Å². The van der Waals surface area contributed by atoms with Crippen molar-refractivity contribution in [3.8, 4) is 17.6 Å². The Kier molecular flexibility index (Phi) is 5.58. The van der Waals surface area contributed by atoms with Gasteiger partial charge in [0.15, 0.2) is 11.5 Å². The first-order chi connectivity index (χ1) is 13.6. The van der Waals surface area contributed by atoms with E-state index in [9.17, 15) is 10.1 Å². The Balaban J connectivity index is 1.49. The van der Waals surface area contributed by atoms with Crippen molar-refractivity contribution in [2.24, 2.45) is 5.92 Å². The molecular formula is C21H23N3O3S. The predicted molar refractivity (Wildman–Crippen MR) is 108 cm³/mol. The Morgan fingerprint density at radius 2 is 2.00 bits per heavy atom. The topological polar surface area (TPSA) is 84.2 Å². The highest BCUT2D eigenvalue weighted by atomic mass is 32.2. The number of aromatic nitrogens is 1. The Bertz CT molecular complexity index is 941. The third kappa shape index (κ3) is 4.02. The summed E-state index contributed by atoms with van der Waals surface area (Å²) in [6, 6.07) is 7.93. The third-order valence-electron chi connectivity index (χ3n) is 5.36. The standard InChI is InChI=1S/C21H23N3O3S/c1-13-4-2-3-5-16(13)23-20(25)12-28-21-15(11-22)8-14-9-18-19(10-17(14)24-21)27-7-6-26-18/h8-10,13,16H,2-7,12H2,1H3,(H,23,25)/t13-,16-/m1/s1. The lowest BCUT2D eigenvalue weighted by atomic mass is 9.86. The maximum absolute atomic E-state index is 12.4. The molecule has 1 amide bonds. The molecule has 2 atom stereocenters. The van der Waals surface area contributed by atoms with Crippen molar-refractivity contribution in [1.82, 2.24) is 10.3 Å². The SMILES string of the molecule is C[C@@H]1CCCC[C@H]1NC(=O)CSc1nc2cc3c(cc2cc1C#N)OCCO3. The fourth-order valence-corrected chi connectivity index (χ4v) is 4.57. The molecule has 1 aliphatic heterocycles. The monoisotopic (exact) mass is 397 g/mol. The van der Waals surface area contributed by atoms with Gasteiger partial charge in [0.05, 0.1) is 16.8 Å². The van der Waals surface area contributed by atoms with Crippen molar-refractivity contribution < 1.29 is 14.3 Å². The molecule has 1 aromatic heterocycles. The second-order valence-corrected chi connectivity index (χ2v) is 8.33. The molecule has 2 aromatic rings. The maximum Gasteiger partial charge on any atom is 0.230 e. The quantitative estimate of drug-likeness (QED) is 0.793. The van der Waals surface area contributed by atoms with Crippen molar-refractivity contribution in [2.75, 3.05) is 19.0 Å². The number of pyridine rings is 1. The number of ether oxygens (including phenoxy) is 2. The summed E-state index contributed by atoms with van der Waals surface area (Å²) in [6.45, 7) is 3.22. The number of rotatable bonds is 4. The van der Waals surface area contributed by atoms with Crippen molar-refractivity contribution in [2.45, 2.75) is 43.7 Å². The van der Waals surface area contributed by atoms with Crippen molar-refractivity contribution in [3.63, 3.8) is 0 Å². The number of carbonyl (C=O) groups excluding carboxylic acids is 1. The van der Waals surface area contributed by atoms with Gasteiger partial charge in [-0.15, -0.1) is 0 Å². The molecule has 4 rings (SSSR count). The lowest BCUT2D eigenvalue weighted by Gasteiger charge is -2.29. The summed E-state index contributed by atoms with van der Waals surface area (Å²) < 4.78 is 11.2. The lowest BCUT2D eigenvalue weighted by Crippen LogP contribution is -2.41. The van der Waals surface area contributed by atoms with Crippen LogP contribution in [-0.4, -0.2) is 35.9 Å². The number of benzene rings is 1. The van der Waals surface area contributed by atoms with Crippen LogP contribution in [0, 0.1) is 17.2 Å². The van der Waals surface area contributed by atoms with Gasteiger partial charge in [0.25, 0.3) is 0 Å². The van der Waals surface area contributed by atoms with E-state index in [-0.39, 0.29) is 17.7 Å². The summed E-state index contributed by atoms with van der Waals surface area (Å²) in [4.78, 5) is 17.0. The van der Waals surface area contributed by atoms with Gasteiger partial charge in [-0.25, -0.2) is 4.98 Å². The first kappa shape index (κ1) is 18.9. The van der Waals surface area contributed by atoms with Gasteiger partial charge in [-0.2, -0.15) is 5.26 Å². The highest BCUT2D eigenvalue weighted by molar-refractivity contribution is 8.00. The fourth-order valence-electron chi connectivity index (χ4n) is 3.80. The molecule has 28 heavy (non-hydrogen) atoms. The van der Waals surface area contributed by atoms with E-state index in [0.29, 0.717) is 41.2 Å². The average Bonchev–Trinajstić information content (AvgIpc) is 2.71. The number of amides is 1. The van der Waals surface area contributed by atoms with Crippen LogP contribution in [0.1, 0.15) is 38.2 Å². The number of hydrogen-bond acceptors (Lipinski definition) is 6. The normalized spacial score (nSPS) is 21.1.